The predicted molar refractivity (Wildman–Crippen MR) is 79.9 cm³/mol. The number of anilines is 1. The van der Waals surface area contributed by atoms with Crippen molar-refractivity contribution in [1.82, 2.24) is 24.9 Å². The SMILES string of the molecule is CNc1ncccc1-c1nc(C(C)OC)c2[nH]cnc2n1. The van der Waals surface area contributed by atoms with E-state index in [1.165, 1.54) is 0 Å². The van der Waals surface area contributed by atoms with Crippen molar-refractivity contribution in [3.05, 3.63) is 30.4 Å². The fraction of sp³-hybridized carbons (Fsp3) is 0.286. The number of aromatic amines is 1. The van der Waals surface area contributed by atoms with E-state index in [0.29, 0.717) is 11.5 Å². The van der Waals surface area contributed by atoms with E-state index in [0.717, 1.165) is 22.6 Å². The largest absolute Gasteiger partial charge is 0.375 e. The first kappa shape index (κ1) is 13.4. The van der Waals surface area contributed by atoms with Crippen LogP contribution in [0.4, 0.5) is 5.82 Å². The molecule has 0 fully saturated rings. The van der Waals surface area contributed by atoms with Gasteiger partial charge in [-0.2, -0.15) is 0 Å². The molecule has 21 heavy (non-hydrogen) atoms. The highest BCUT2D eigenvalue weighted by molar-refractivity contribution is 5.78. The molecule has 1 unspecified atom stereocenters. The van der Waals surface area contributed by atoms with E-state index in [-0.39, 0.29) is 6.10 Å². The van der Waals surface area contributed by atoms with E-state index in [1.807, 2.05) is 26.1 Å². The molecule has 3 aromatic rings. The highest BCUT2D eigenvalue weighted by Crippen LogP contribution is 2.27. The van der Waals surface area contributed by atoms with Crippen LogP contribution in [0, 0.1) is 0 Å². The van der Waals surface area contributed by atoms with Gasteiger partial charge in [0.2, 0.25) is 0 Å². The molecule has 2 N–H and O–H groups in total. The number of methoxy groups -OCH3 is 1. The van der Waals surface area contributed by atoms with Gasteiger partial charge in [0.1, 0.15) is 11.3 Å². The summed E-state index contributed by atoms with van der Waals surface area (Å²) in [5, 5.41) is 3.05. The monoisotopic (exact) mass is 284 g/mol. The Bertz CT molecular complexity index is 769. The van der Waals surface area contributed by atoms with Crippen molar-refractivity contribution in [3.63, 3.8) is 0 Å². The van der Waals surface area contributed by atoms with Crippen molar-refractivity contribution in [2.24, 2.45) is 0 Å². The van der Waals surface area contributed by atoms with E-state index in [9.17, 15) is 0 Å². The summed E-state index contributed by atoms with van der Waals surface area (Å²) < 4.78 is 5.39. The standard InChI is InChI=1S/C14H16N6O/c1-8(21-3)10-11-14(18-7-17-11)20-13(19-10)9-5-4-6-16-12(9)15-2/h4-8H,1-3H3,(H,15,16)(H,17,18,19,20). The van der Waals surface area contributed by atoms with Crippen LogP contribution in [-0.2, 0) is 4.74 Å². The summed E-state index contributed by atoms with van der Waals surface area (Å²) in [5.41, 5.74) is 3.02. The van der Waals surface area contributed by atoms with E-state index in [1.54, 1.807) is 19.6 Å². The van der Waals surface area contributed by atoms with E-state index >= 15 is 0 Å². The summed E-state index contributed by atoms with van der Waals surface area (Å²) in [4.78, 5) is 20.7. The molecule has 1 atom stereocenters. The summed E-state index contributed by atoms with van der Waals surface area (Å²) >= 11 is 0. The number of ether oxygens (including phenoxy) is 1. The number of imidazole rings is 1. The Balaban J connectivity index is 2.23. The lowest BCUT2D eigenvalue weighted by Gasteiger charge is -2.12. The van der Waals surface area contributed by atoms with Crippen molar-refractivity contribution >= 4 is 17.0 Å². The molecule has 3 rings (SSSR count). The minimum absolute atomic E-state index is 0.163. The third kappa shape index (κ3) is 2.31. The fourth-order valence-electron chi connectivity index (χ4n) is 2.17. The molecular formula is C14H16N6O. The minimum atomic E-state index is -0.163. The topological polar surface area (TPSA) is 88.6 Å². The minimum Gasteiger partial charge on any atom is -0.375 e. The molecule has 0 saturated heterocycles. The van der Waals surface area contributed by atoms with Gasteiger partial charge in [-0.3, -0.25) is 0 Å². The van der Waals surface area contributed by atoms with Gasteiger partial charge in [-0.15, -0.1) is 0 Å². The number of aromatic nitrogens is 5. The smallest absolute Gasteiger partial charge is 0.181 e. The van der Waals surface area contributed by atoms with Crippen LogP contribution < -0.4 is 5.32 Å². The lowest BCUT2D eigenvalue weighted by atomic mass is 10.2. The van der Waals surface area contributed by atoms with Gasteiger partial charge in [-0.05, 0) is 19.1 Å². The molecule has 0 aliphatic rings. The molecule has 3 heterocycles. The summed E-state index contributed by atoms with van der Waals surface area (Å²) in [5.74, 6) is 1.30. The molecule has 3 aromatic heterocycles. The molecule has 0 aliphatic carbocycles. The van der Waals surface area contributed by atoms with Gasteiger partial charge in [-0.25, -0.2) is 19.9 Å². The van der Waals surface area contributed by atoms with Crippen molar-refractivity contribution in [1.29, 1.82) is 0 Å². The second-order valence-electron chi connectivity index (χ2n) is 4.56. The zero-order valence-corrected chi connectivity index (χ0v) is 12.1. The number of H-pyrrole nitrogens is 1. The maximum absolute atomic E-state index is 5.39. The van der Waals surface area contributed by atoms with Crippen LogP contribution in [0.3, 0.4) is 0 Å². The fourth-order valence-corrected chi connectivity index (χ4v) is 2.17. The summed E-state index contributed by atoms with van der Waals surface area (Å²) in [6, 6.07) is 3.78. The van der Waals surface area contributed by atoms with Gasteiger partial charge in [0.05, 0.1) is 23.7 Å². The molecule has 0 saturated carbocycles. The summed E-state index contributed by atoms with van der Waals surface area (Å²) in [6.45, 7) is 1.94. The summed E-state index contributed by atoms with van der Waals surface area (Å²) in [7, 11) is 3.47. The molecule has 0 aromatic carbocycles. The molecule has 7 nitrogen and oxygen atoms in total. The first-order valence-corrected chi connectivity index (χ1v) is 6.61. The third-order valence-corrected chi connectivity index (χ3v) is 3.34. The van der Waals surface area contributed by atoms with Crippen molar-refractivity contribution in [2.75, 3.05) is 19.5 Å². The molecule has 0 amide bonds. The Morgan fingerprint density at radius 3 is 2.90 bits per heavy atom. The Labute approximate surface area is 121 Å². The van der Waals surface area contributed by atoms with Gasteiger partial charge in [-0.1, -0.05) is 0 Å². The van der Waals surface area contributed by atoms with Gasteiger partial charge < -0.3 is 15.0 Å². The van der Waals surface area contributed by atoms with Crippen LogP contribution in [0.1, 0.15) is 18.7 Å². The van der Waals surface area contributed by atoms with E-state index < -0.39 is 0 Å². The Morgan fingerprint density at radius 2 is 2.14 bits per heavy atom. The van der Waals surface area contributed by atoms with Crippen LogP contribution in [0.2, 0.25) is 0 Å². The van der Waals surface area contributed by atoms with Gasteiger partial charge in [0, 0.05) is 20.4 Å². The Kier molecular flexibility index (Phi) is 3.49. The van der Waals surface area contributed by atoms with Crippen LogP contribution >= 0.6 is 0 Å². The van der Waals surface area contributed by atoms with Crippen LogP contribution in [0.5, 0.6) is 0 Å². The predicted octanol–water partition coefficient (Wildman–Crippen LogP) is 2.16. The van der Waals surface area contributed by atoms with Crippen LogP contribution in [0.25, 0.3) is 22.6 Å². The average Bonchev–Trinajstić information content (AvgIpc) is 3.01. The van der Waals surface area contributed by atoms with Crippen molar-refractivity contribution in [2.45, 2.75) is 13.0 Å². The molecule has 0 aliphatic heterocycles. The maximum Gasteiger partial charge on any atom is 0.181 e. The first-order valence-electron chi connectivity index (χ1n) is 6.61. The van der Waals surface area contributed by atoms with Crippen molar-refractivity contribution in [3.8, 4) is 11.4 Å². The third-order valence-electron chi connectivity index (χ3n) is 3.34. The Morgan fingerprint density at radius 1 is 1.29 bits per heavy atom. The van der Waals surface area contributed by atoms with Crippen molar-refractivity contribution < 1.29 is 4.74 Å². The molecule has 108 valence electrons. The number of rotatable bonds is 4. The normalized spacial score (nSPS) is 12.5. The summed E-state index contributed by atoms with van der Waals surface area (Å²) in [6.07, 6.45) is 3.17. The van der Waals surface area contributed by atoms with Crippen LogP contribution in [-0.4, -0.2) is 39.1 Å². The first-order chi connectivity index (χ1) is 10.2. The number of pyridine rings is 1. The number of nitrogens with one attached hydrogen (secondary N) is 2. The van der Waals surface area contributed by atoms with E-state index in [4.69, 9.17) is 4.74 Å². The molecule has 0 radical (unpaired) electrons. The van der Waals surface area contributed by atoms with E-state index in [2.05, 4.69) is 30.2 Å². The number of hydrogen-bond acceptors (Lipinski definition) is 6. The number of hydrogen-bond donors (Lipinski definition) is 2. The average molecular weight is 284 g/mol. The molecule has 7 heteroatoms. The highest BCUT2D eigenvalue weighted by atomic mass is 16.5. The lowest BCUT2D eigenvalue weighted by molar-refractivity contribution is 0.117. The molecule has 0 spiro atoms. The van der Waals surface area contributed by atoms with Gasteiger partial charge in [0.15, 0.2) is 11.5 Å². The van der Waals surface area contributed by atoms with Gasteiger partial charge >= 0.3 is 0 Å². The maximum atomic E-state index is 5.39. The number of fused-ring (bicyclic) bond motifs is 1. The second-order valence-corrected chi connectivity index (χ2v) is 4.56. The molecule has 0 bridgehead atoms. The quantitative estimate of drug-likeness (QED) is 0.763. The second kappa shape index (κ2) is 5.45. The zero-order chi connectivity index (χ0) is 14.8. The Hall–Kier alpha value is -2.54. The van der Waals surface area contributed by atoms with Crippen LogP contribution in [0.15, 0.2) is 24.7 Å². The highest BCUT2D eigenvalue weighted by Gasteiger charge is 2.17. The molecular weight excluding hydrogens is 268 g/mol. The van der Waals surface area contributed by atoms with Gasteiger partial charge in [0.25, 0.3) is 0 Å². The number of nitrogens with zero attached hydrogens (tertiary/aromatic N) is 4. The zero-order valence-electron chi connectivity index (χ0n) is 12.1. The lowest BCUT2D eigenvalue weighted by Crippen LogP contribution is -2.05.